The molecule has 4 aliphatic carbocycles. The summed E-state index contributed by atoms with van der Waals surface area (Å²) in [5.74, 6) is 4.24. The number of hydrogen-bond acceptors (Lipinski definition) is 3. The van der Waals surface area contributed by atoms with Gasteiger partial charge in [0.25, 0.3) is 5.82 Å². The first-order valence-corrected chi connectivity index (χ1v) is 12.0. The molecular weight excluding hydrogens is 362 g/mol. The first kappa shape index (κ1) is 19.8. The number of ether oxygens (including phenoxy) is 1. The molecule has 6 rings (SSSR count). The minimum Gasteiger partial charge on any atom is -0.385 e. The quantitative estimate of drug-likeness (QED) is 0.644. The lowest BCUT2D eigenvalue weighted by molar-refractivity contribution is -0.903. The normalized spacial score (nSPS) is 35.2. The van der Waals surface area contributed by atoms with Crippen LogP contribution in [0.3, 0.4) is 0 Å². The van der Waals surface area contributed by atoms with E-state index in [2.05, 4.69) is 22.0 Å². The maximum Gasteiger partial charge on any atom is 0.274 e. The van der Waals surface area contributed by atoms with Crippen LogP contribution in [0.4, 0.5) is 5.82 Å². The molecule has 2 heterocycles. The Morgan fingerprint density at radius 1 is 1.10 bits per heavy atom. The highest BCUT2D eigenvalue weighted by molar-refractivity contribution is 5.31. The number of anilines is 1. The van der Waals surface area contributed by atoms with Gasteiger partial charge in [-0.2, -0.15) is 0 Å². The Labute approximate surface area is 175 Å². The molecule has 0 amide bonds. The van der Waals surface area contributed by atoms with E-state index in [-0.39, 0.29) is 6.10 Å². The van der Waals surface area contributed by atoms with Crippen molar-refractivity contribution in [2.75, 3.05) is 50.8 Å². The molecule has 160 valence electrons. The molecule has 0 spiro atoms. The second-order valence-corrected chi connectivity index (χ2v) is 10.6. The fraction of sp³-hybridized carbons (Fsp3) is 0.792. The Hall–Kier alpha value is -1.17. The molecule has 3 N–H and O–H groups in total. The van der Waals surface area contributed by atoms with Crippen LogP contribution in [-0.2, 0) is 4.74 Å². The molecule has 4 saturated carbocycles. The Bertz CT molecular complexity index is 624. The number of aliphatic hydroxyl groups excluding tert-OH is 1. The average Bonchev–Trinajstić information content (AvgIpc) is 2.71. The molecule has 1 aliphatic heterocycles. The first-order valence-electron chi connectivity index (χ1n) is 12.0. The maximum atomic E-state index is 10.5. The zero-order chi connectivity index (χ0) is 19.7. The summed E-state index contributed by atoms with van der Waals surface area (Å²) in [6.45, 7) is 6.39. The van der Waals surface area contributed by atoms with E-state index >= 15 is 0 Å². The number of aromatic amines is 1. The monoisotopic (exact) mass is 401 g/mol. The van der Waals surface area contributed by atoms with Gasteiger partial charge in [0.2, 0.25) is 0 Å². The highest BCUT2D eigenvalue weighted by Gasteiger charge is 2.50. The van der Waals surface area contributed by atoms with E-state index in [0.717, 1.165) is 57.1 Å². The number of quaternary nitrogens is 1. The Kier molecular flexibility index (Phi) is 5.81. The smallest absolute Gasteiger partial charge is 0.274 e. The van der Waals surface area contributed by atoms with Gasteiger partial charge in [-0.1, -0.05) is 6.07 Å². The van der Waals surface area contributed by atoms with E-state index in [9.17, 15) is 5.11 Å². The van der Waals surface area contributed by atoms with Gasteiger partial charge >= 0.3 is 0 Å². The van der Waals surface area contributed by atoms with Crippen LogP contribution in [0.15, 0.2) is 24.4 Å². The number of pyridine rings is 1. The fourth-order valence-electron chi connectivity index (χ4n) is 7.34. The molecular formula is C24H39N3O2+2. The van der Waals surface area contributed by atoms with E-state index < -0.39 is 0 Å². The van der Waals surface area contributed by atoms with Gasteiger partial charge in [0.1, 0.15) is 38.8 Å². The van der Waals surface area contributed by atoms with Crippen molar-refractivity contribution in [3.05, 3.63) is 24.4 Å². The van der Waals surface area contributed by atoms with Crippen LogP contribution < -0.4 is 14.8 Å². The highest BCUT2D eigenvalue weighted by Crippen LogP contribution is 2.61. The molecule has 1 saturated heterocycles. The molecule has 5 nitrogen and oxygen atoms in total. The maximum absolute atomic E-state index is 10.5. The number of aromatic nitrogens is 1. The molecule has 1 atom stereocenters. The number of H-pyrrole nitrogens is 1. The zero-order valence-corrected chi connectivity index (χ0v) is 17.8. The third-order valence-corrected chi connectivity index (χ3v) is 8.28. The van der Waals surface area contributed by atoms with Crippen LogP contribution in [0.1, 0.15) is 44.9 Å². The lowest BCUT2D eigenvalue weighted by Crippen LogP contribution is -3.16. The predicted octanol–water partition coefficient (Wildman–Crippen LogP) is 1.19. The SMILES string of the molecule is O[C@H](COCCC12CC3CC(CC(C3)C1)C2)C[NH+]1CCN(c2cccc[nH+]2)CC1. The third-order valence-electron chi connectivity index (χ3n) is 8.28. The standard InChI is InChI=1S/C24H37N3O2/c28-22(17-26-6-8-27(9-7-26)23-3-1-2-5-25-23)18-29-10-4-24-14-19-11-20(15-24)13-21(12-19)16-24/h1-3,5,19-22,28H,4,6-18H2/p+2/t19?,20?,21?,22-,24?/m0/s1. The molecule has 5 fully saturated rings. The molecule has 1 aromatic heterocycles. The van der Waals surface area contributed by atoms with E-state index in [4.69, 9.17) is 4.74 Å². The van der Waals surface area contributed by atoms with Crippen molar-refractivity contribution >= 4 is 5.82 Å². The van der Waals surface area contributed by atoms with Gasteiger partial charge in [-0.05, 0) is 74.2 Å². The summed E-state index contributed by atoms with van der Waals surface area (Å²) in [4.78, 5) is 7.22. The summed E-state index contributed by atoms with van der Waals surface area (Å²) in [5, 5.41) is 10.5. The summed E-state index contributed by atoms with van der Waals surface area (Å²) in [5.41, 5.74) is 0.593. The number of nitrogens with one attached hydrogen (secondary N) is 2. The molecule has 0 radical (unpaired) electrons. The van der Waals surface area contributed by atoms with Gasteiger partial charge in [-0.15, -0.1) is 0 Å². The zero-order valence-electron chi connectivity index (χ0n) is 17.8. The number of nitrogens with zero attached hydrogens (tertiary/aromatic N) is 1. The molecule has 5 aliphatic rings. The molecule has 4 bridgehead atoms. The van der Waals surface area contributed by atoms with Gasteiger partial charge in [0.15, 0.2) is 0 Å². The van der Waals surface area contributed by atoms with E-state index in [0.29, 0.717) is 12.0 Å². The molecule has 5 heteroatoms. The third kappa shape index (κ3) is 4.62. The Morgan fingerprint density at radius 2 is 1.79 bits per heavy atom. The first-order chi connectivity index (χ1) is 14.2. The van der Waals surface area contributed by atoms with Crippen LogP contribution in [0, 0.1) is 23.2 Å². The van der Waals surface area contributed by atoms with Crippen LogP contribution >= 0.6 is 0 Å². The summed E-state index contributed by atoms with van der Waals surface area (Å²) in [6.07, 6.45) is 11.8. The number of rotatable bonds is 8. The minimum atomic E-state index is -0.337. The largest absolute Gasteiger partial charge is 0.385 e. The van der Waals surface area contributed by atoms with Crippen molar-refractivity contribution in [2.45, 2.75) is 51.0 Å². The number of aliphatic hydroxyl groups is 1. The molecule has 0 unspecified atom stereocenters. The fourth-order valence-corrected chi connectivity index (χ4v) is 7.34. The van der Waals surface area contributed by atoms with E-state index in [1.165, 1.54) is 55.7 Å². The minimum absolute atomic E-state index is 0.337. The van der Waals surface area contributed by atoms with Gasteiger partial charge in [0, 0.05) is 12.7 Å². The lowest BCUT2D eigenvalue weighted by Gasteiger charge is -2.57. The molecule has 29 heavy (non-hydrogen) atoms. The second-order valence-electron chi connectivity index (χ2n) is 10.6. The van der Waals surface area contributed by atoms with Crippen molar-refractivity contribution in [1.82, 2.24) is 0 Å². The molecule has 0 aromatic carbocycles. The summed E-state index contributed by atoms with van der Waals surface area (Å²) in [6, 6.07) is 6.23. The van der Waals surface area contributed by atoms with E-state index in [1.807, 2.05) is 12.3 Å². The van der Waals surface area contributed by atoms with Crippen molar-refractivity contribution in [2.24, 2.45) is 23.2 Å². The van der Waals surface area contributed by atoms with Gasteiger partial charge in [-0.3, -0.25) is 4.90 Å². The van der Waals surface area contributed by atoms with Crippen molar-refractivity contribution in [1.29, 1.82) is 0 Å². The van der Waals surface area contributed by atoms with Gasteiger partial charge in [0.05, 0.1) is 12.8 Å². The predicted molar refractivity (Wildman–Crippen MR) is 113 cm³/mol. The number of piperazine rings is 1. The average molecular weight is 402 g/mol. The van der Waals surface area contributed by atoms with Gasteiger partial charge < -0.3 is 14.7 Å². The topological polar surface area (TPSA) is 51.3 Å². The van der Waals surface area contributed by atoms with Crippen LogP contribution in [0.25, 0.3) is 0 Å². The summed E-state index contributed by atoms with van der Waals surface area (Å²) < 4.78 is 5.99. The molecule has 1 aromatic rings. The summed E-state index contributed by atoms with van der Waals surface area (Å²) >= 11 is 0. The van der Waals surface area contributed by atoms with Crippen LogP contribution in [0.2, 0.25) is 0 Å². The van der Waals surface area contributed by atoms with Crippen molar-refractivity contribution in [3.63, 3.8) is 0 Å². The summed E-state index contributed by atoms with van der Waals surface area (Å²) in [7, 11) is 0. The van der Waals surface area contributed by atoms with Crippen molar-refractivity contribution < 1.29 is 19.7 Å². The van der Waals surface area contributed by atoms with E-state index in [1.54, 1.807) is 0 Å². The number of hydrogen-bond donors (Lipinski definition) is 2. The van der Waals surface area contributed by atoms with Gasteiger partial charge in [-0.25, -0.2) is 4.98 Å². The Balaban J connectivity index is 0.995. The van der Waals surface area contributed by atoms with Crippen LogP contribution in [0.5, 0.6) is 0 Å². The highest BCUT2D eigenvalue weighted by atomic mass is 16.5. The van der Waals surface area contributed by atoms with Crippen LogP contribution in [-0.4, -0.2) is 57.1 Å². The van der Waals surface area contributed by atoms with Crippen molar-refractivity contribution in [3.8, 4) is 0 Å². The second kappa shape index (κ2) is 8.52. The Morgan fingerprint density at radius 3 is 2.41 bits per heavy atom. The lowest BCUT2D eigenvalue weighted by atomic mass is 9.49.